The average Bonchev–Trinajstić information content (AvgIpc) is 2.82. The van der Waals surface area contributed by atoms with Crippen LogP contribution >= 0.6 is 0 Å². The Kier molecular flexibility index (Phi) is 1.89. The Hall–Kier alpha value is -1.65. The molecule has 0 aliphatic carbocycles. The van der Waals surface area contributed by atoms with Gasteiger partial charge in [-0.15, -0.1) is 10.2 Å². The summed E-state index contributed by atoms with van der Waals surface area (Å²) < 4.78 is 2.21. The SMILES string of the molecule is CC1(C)CCc2nnc(-c3cnc[nH]3)n2C1. The molecule has 0 aromatic carbocycles. The van der Waals surface area contributed by atoms with Crippen molar-refractivity contribution in [2.24, 2.45) is 5.41 Å². The molecule has 0 radical (unpaired) electrons. The molecule has 2 aromatic heterocycles. The molecule has 5 heteroatoms. The molecule has 16 heavy (non-hydrogen) atoms. The van der Waals surface area contributed by atoms with Gasteiger partial charge in [0.25, 0.3) is 0 Å². The van der Waals surface area contributed by atoms with Crippen LogP contribution in [0.25, 0.3) is 11.5 Å². The quantitative estimate of drug-likeness (QED) is 0.790. The molecule has 1 N–H and O–H groups in total. The van der Waals surface area contributed by atoms with Crippen LogP contribution in [0, 0.1) is 5.41 Å². The van der Waals surface area contributed by atoms with Crippen LogP contribution in [0.15, 0.2) is 12.5 Å². The van der Waals surface area contributed by atoms with E-state index in [9.17, 15) is 0 Å². The standard InChI is InChI=1S/C11H15N5/c1-11(2)4-3-9-14-15-10(16(9)6-11)8-5-12-7-13-8/h5,7H,3-4,6H2,1-2H3,(H,12,13). The second-order valence-electron chi connectivity index (χ2n) is 5.16. The summed E-state index contributed by atoms with van der Waals surface area (Å²) in [5.41, 5.74) is 1.26. The minimum absolute atomic E-state index is 0.324. The molecule has 0 fully saturated rings. The van der Waals surface area contributed by atoms with Gasteiger partial charge >= 0.3 is 0 Å². The second-order valence-corrected chi connectivity index (χ2v) is 5.16. The third kappa shape index (κ3) is 1.43. The number of fused-ring (bicyclic) bond motifs is 1. The Balaban J connectivity index is 2.07. The first-order chi connectivity index (χ1) is 7.66. The van der Waals surface area contributed by atoms with E-state index < -0.39 is 0 Å². The lowest BCUT2D eigenvalue weighted by Gasteiger charge is -2.30. The van der Waals surface area contributed by atoms with E-state index in [1.165, 1.54) is 6.42 Å². The Morgan fingerprint density at radius 1 is 1.38 bits per heavy atom. The van der Waals surface area contributed by atoms with Gasteiger partial charge in [0.2, 0.25) is 0 Å². The van der Waals surface area contributed by atoms with Crippen molar-refractivity contribution in [1.82, 2.24) is 24.7 Å². The molecule has 0 amide bonds. The first-order valence-electron chi connectivity index (χ1n) is 5.57. The van der Waals surface area contributed by atoms with Gasteiger partial charge in [0.1, 0.15) is 11.5 Å². The fourth-order valence-electron chi connectivity index (χ4n) is 2.22. The molecular formula is C11H15N5. The number of aromatic nitrogens is 5. The van der Waals surface area contributed by atoms with Crippen LogP contribution in [0.5, 0.6) is 0 Å². The summed E-state index contributed by atoms with van der Waals surface area (Å²) >= 11 is 0. The predicted molar refractivity (Wildman–Crippen MR) is 59.7 cm³/mol. The number of aromatic amines is 1. The lowest BCUT2D eigenvalue weighted by Crippen LogP contribution is -2.27. The summed E-state index contributed by atoms with van der Waals surface area (Å²) in [5, 5.41) is 8.49. The Labute approximate surface area is 93.9 Å². The number of hydrogen-bond donors (Lipinski definition) is 1. The van der Waals surface area contributed by atoms with E-state index in [4.69, 9.17) is 0 Å². The van der Waals surface area contributed by atoms with Crippen molar-refractivity contribution in [2.75, 3.05) is 0 Å². The highest BCUT2D eigenvalue weighted by molar-refractivity contribution is 5.47. The maximum atomic E-state index is 4.25. The predicted octanol–water partition coefficient (Wildman–Crippen LogP) is 1.64. The van der Waals surface area contributed by atoms with Gasteiger partial charge in [0.15, 0.2) is 5.82 Å². The Morgan fingerprint density at radius 3 is 3.00 bits per heavy atom. The Morgan fingerprint density at radius 2 is 2.25 bits per heavy atom. The summed E-state index contributed by atoms with van der Waals surface area (Å²) in [6.07, 6.45) is 5.64. The summed E-state index contributed by atoms with van der Waals surface area (Å²) in [4.78, 5) is 7.11. The van der Waals surface area contributed by atoms with Crippen LogP contribution in [0.3, 0.4) is 0 Å². The van der Waals surface area contributed by atoms with E-state index >= 15 is 0 Å². The highest BCUT2D eigenvalue weighted by Gasteiger charge is 2.28. The van der Waals surface area contributed by atoms with Gasteiger partial charge in [-0.2, -0.15) is 0 Å². The normalized spacial score (nSPS) is 18.4. The topological polar surface area (TPSA) is 59.4 Å². The number of aryl methyl sites for hydroxylation is 1. The van der Waals surface area contributed by atoms with Crippen LogP contribution in [0.1, 0.15) is 26.1 Å². The van der Waals surface area contributed by atoms with Crippen molar-refractivity contribution in [2.45, 2.75) is 33.2 Å². The molecule has 0 atom stereocenters. The first kappa shape index (κ1) is 9.57. The zero-order valence-electron chi connectivity index (χ0n) is 9.56. The van der Waals surface area contributed by atoms with Crippen molar-refractivity contribution in [3.05, 3.63) is 18.3 Å². The zero-order valence-corrected chi connectivity index (χ0v) is 9.56. The van der Waals surface area contributed by atoms with Gasteiger partial charge in [-0.25, -0.2) is 4.98 Å². The molecule has 5 nitrogen and oxygen atoms in total. The van der Waals surface area contributed by atoms with Crippen LogP contribution in [-0.2, 0) is 13.0 Å². The molecule has 1 aliphatic rings. The zero-order chi connectivity index (χ0) is 11.2. The first-order valence-corrected chi connectivity index (χ1v) is 5.57. The van der Waals surface area contributed by atoms with Crippen molar-refractivity contribution in [1.29, 1.82) is 0 Å². The van der Waals surface area contributed by atoms with Crippen molar-refractivity contribution < 1.29 is 0 Å². The lowest BCUT2D eigenvalue weighted by molar-refractivity contribution is 0.248. The number of rotatable bonds is 1. The van der Waals surface area contributed by atoms with Gasteiger partial charge in [-0.3, -0.25) is 0 Å². The van der Waals surface area contributed by atoms with Gasteiger partial charge < -0.3 is 9.55 Å². The van der Waals surface area contributed by atoms with Gasteiger partial charge in [-0.1, -0.05) is 13.8 Å². The molecule has 1 aliphatic heterocycles. The molecule has 0 saturated heterocycles. The molecule has 3 rings (SSSR count). The maximum Gasteiger partial charge on any atom is 0.182 e. The fourth-order valence-corrected chi connectivity index (χ4v) is 2.22. The third-order valence-electron chi connectivity index (χ3n) is 3.18. The van der Waals surface area contributed by atoms with Gasteiger partial charge in [0, 0.05) is 13.0 Å². The van der Waals surface area contributed by atoms with E-state index in [0.717, 1.165) is 30.3 Å². The summed E-state index contributed by atoms with van der Waals surface area (Å²) in [6, 6.07) is 0. The van der Waals surface area contributed by atoms with Crippen LogP contribution < -0.4 is 0 Å². The third-order valence-corrected chi connectivity index (χ3v) is 3.18. The minimum Gasteiger partial charge on any atom is -0.342 e. The molecule has 0 spiro atoms. The Bertz CT molecular complexity index is 494. The van der Waals surface area contributed by atoms with Crippen LogP contribution in [0.4, 0.5) is 0 Å². The van der Waals surface area contributed by atoms with Crippen LogP contribution in [-0.4, -0.2) is 24.7 Å². The number of H-pyrrole nitrogens is 1. The molecule has 2 aromatic rings. The highest BCUT2D eigenvalue weighted by Crippen LogP contribution is 2.32. The number of hydrogen-bond acceptors (Lipinski definition) is 3. The largest absolute Gasteiger partial charge is 0.342 e. The minimum atomic E-state index is 0.324. The number of imidazole rings is 1. The van der Waals surface area contributed by atoms with Crippen molar-refractivity contribution >= 4 is 0 Å². The molecule has 84 valence electrons. The summed E-state index contributed by atoms with van der Waals surface area (Å²) in [7, 11) is 0. The van der Waals surface area contributed by atoms with Crippen molar-refractivity contribution in [3.63, 3.8) is 0 Å². The van der Waals surface area contributed by atoms with E-state index in [1.807, 2.05) is 0 Å². The molecule has 0 unspecified atom stereocenters. The van der Waals surface area contributed by atoms with E-state index in [1.54, 1.807) is 12.5 Å². The van der Waals surface area contributed by atoms with E-state index in [-0.39, 0.29) is 0 Å². The smallest absolute Gasteiger partial charge is 0.182 e. The number of nitrogens with one attached hydrogen (secondary N) is 1. The summed E-state index contributed by atoms with van der Waals surface area (Å²) in [6.45, 7) is 5.54. The van der Waals surface area contributed by atoms with E-state index in [0.29, 0.717) is 5.41 Å². The monoisotopic (exact) mass is 217 g/mol. The molecule has 0 bridgehead atoms. The second kappa shape index (κ2) is 3.17. The molecule has 0 saturated carbocycles. The van der Waals surface area contributed by atoms with E-state index in [2.05, 4.69) is 38.6 Å². The van der Waals surface area contributed by atoms with Crippen molar-refractivity contribution in [3.8, 4) is 11.5 Å². The average molecular weight is 217 g/mol. The van der Waals surface area contributed by atoms with Gasteiger partial charge in [0.05, 0.1) is 12.5 Å². The molecule has 3 heterocycles. The summed E-state index contributed by atoms with van der Waals surface area (Å²) in [5.74, 6) is 1.99. The molecular weight excluding hydrogens is 202 g/mol. The highest BCUT2D eigenvalue weighted by atomic mass is 15.3. The van der Waals surface area contributed by atoms with Gasteiger partial charge in [-0.05, 0) is 11.8 Å². The lowest BCUT2D eigenvalue weighted by atomic mass is 9.85. The maximum absolute atomic E-state index is 4.25. The number of nitrogens with zero attached hydrogens (tertiary/aromatic N) is 4. The fraction of sp³-hybridized carbons (Fsp3) is 0.545. The van der Waals surface area contributed by atoms with Crippen LogP contribution in [0.2, 0.25) is 0 Å².